The third kappa shape index (κ3) is 14.1. The summed E-state index contributed by atoms with van der Waals surface area (Å²) in [5, 5.41) is 0. The fourth-order valence-electron chi connectivity index (χ4n) is 5.55. The van der Waals surface area contributed by atoms with E-state index in [2.05, 4.69) is 21.8 Å². The van der Waals surface area contributed by atoms with Gasteiger partial charge in [0.05, 0.1) is 38.6 Å². The summed E-state index contributed by atoms with van der Waals surface area (Å²) in [5.74, 6) is -0.178. The molecule has 1 aromatic rings. The van der Waals surface area contributed by atoms with Crippen molar-refractivity contribution in [3.63, 3.8) is 0 Å². The largest absolute Gasteiger partial charge is 0.472 e. The number of esters is 2. The van der Waals surface area contributed by atoms with Crippen LogP contribution in [0.1, 0.15) is 84.6 Å². The molecule has 0 spiro atoms. The van der Waals surface area contributed by atoms with Crippen LogP contribution in [-0.4, -0.2) is 95.8 Å². The fourth-order valence-corrected chi connectivity index (χ4v) is 6.29. The molecule has 0 bridgehead atoms. The van der Waals surface area contributed by atoms with Gasteiger partial charge < -0.3 is 29.7 Å². The van der Waals surface area contributed by atoms with Crippen LogP contribution in [0.3, 0.4) is 0 Å². The number of ether oxygens (including phenoxy) is 3. The van der Waals surface area contributed by atoms with Crippen molar-refractivity contribution in [2.24, 2.45) is 5.92 Å². The first-order chi connectivity index (χ1) is 23.9. The maximum Gasteiger partial charge on any atom is 0.472 e. The van der Waals surface area contributed by atoms with Crippen LogP contribution in [0, 0.1) is 5.92 Å². The number of carbonyl (C=O) groups is 3. The summed E-state index contributed by atoms with van der Waals surface area (Å²) in [5.41, 5.74) is 6.80. The van der Waals surface area contributed by atoms with Crippen molar-refractivity contribution in [2.75, 3.05) is 56.6 Å². The normalized spacial score (nSPS) is 17.9. The Hall–Kier alpha value is -3.36. The summed E-state index contributed by atoms with van der Waals surface area (Å²) in [6.45, 7) is 9.28. The van der Waals surface area contributed by atoms with E-state index in [-0.39, 0.29) is 62.2 Å². The summed E-state index contributed by atoms with van der Waals surface area (Å²) < 4.78 is 39.3. The minimum absolute atomic E-state index is 0.000484. The molecule has 16 heteroatoms. The lowest BCUT2D eigenvalue weighted by atomic mass is 9.96. The highest BCUT2D eigenvalue weighted by Crippen LogP contribution is 2.43. The summed E-state index contributed by atoms with van der Waals surface area (Å²) in [7, 11) is -4.50. The Morgan fingerprint density at radius 1 is 1.02 bits per heavy atom. The topological polar surface area (TPSA) is 193 Å². The number of nitrogens with two attached hydrogens (primary N) is 1. The number of anilines is 2. The predicted octanol–water partition coefficient (Wildman–Crippen LogP) is 4.53. The van der Waals surface area contributed by atoms with Crippen LogP contribution in [0.5, 0.6) is 6.01 Å². The van der Waals surface area contributed by atoms with Gasteiger partial charge >= 0.3 is 25.8 Å². The average Bonchev–Trinajstić information content (AvgIpc) is 3.38. The molecule has 3 heterocycles. The van der Waals surface area contributed by atoms with Crippen molar-refractivity contribution < 1.29 is 47.1 Å². The number of rotatable bonds is 22. The second-order valence-electron chi connectivity index (χ2n) is 12.4. The Bertz CT molecular complexity index is 1370. The lowest BCUT2D eigenvalue weighted by Gasteiger charge is -2.33. The number of hydrogen-bond acceptors (Lipinski definition) is 13. The van der Waals surface area contributed by atoms with Crippen LogP contribution in [0.4, 0.5) is 11.6 Å². The number of carbonyl (C=O) groups excluding carboxylic acids is 3. The van der Waals surface area contributed by atoms with E-state index < -0.39 is 32.5 Å². The maximum absolute atomic E-state index is 12.9. The molecule has 2 aliphatic heterocycles. The molecule has 3 N–H and O–H groups in total. The molecule has 0 aromatic carbocycles. The molecular weight excluding hydrogens is 669 g/mol. The van der Waals surface area contributed by atoms with Crippen molar-refractivity contribution in [3.05, 3.63) is 29.9 Å². The maximum atomic E-state index is 12.9. The Morgan fingerprint density at radius 2 is 1.70 bits per heavy atom. The third-order valence-electron chi connectivity index (χ3n) is 8.22. The number of hydrogen-bond donors (Lipinski definition) is 2. The molecular formula is C34H54N5O10P. The zero-order valence-electron chi connectivity index (χ0n) is 29.8. The first-order valence-corrected chi connectivity index (χ1v) is 19.1. The van der Waals surface area contributed by atoms with Gasteiger partial charge in [-0.1, -0.05) is 51.5 Å². The van der Waals surface area contributed by atoms with Gasteiger partial charge in [0.1, 0.15) is 18.2 Å². The Kier molecular flexibility index (Phi) is 17.3. The molecule has 1 fully saturated rings. The van der Waals surface area contributed by atoms with Crippen LogP contribution < -0.4 is 15.4 Å². The number of nitrogen functional groups attached to an aromatic ring is 1. The lowest BCUT2D eigenvalue weighted by molar-refractivity contribution is -0.160. The van der Waals surface area contributed by atoms with Crippen molar-refractivity contribution >= 4 is 37.3 Å². The first kappa shape index (κ1) is 41.1. The van der Waals surface area contributed by atoms with Crippen molar-refractivity contribution in [3.8, 4) is 6.01 Å². The molecule has 3 rings (SSSR count). The molecule has 0 aliphatic carbocycles. The van der Waals surface area contributed by atoms with Crippen LogP contribution in [0.2, 0.25) is 0 Å². The van der Waals surface area contributed by atoms with E-state index in [1.54, 1.807) is 17.1 Å². The summed E-state index contributed by atoms with van der Waals surface area (Å²) in [6.07, 6.45) is 10.9. The predicted molar refractivity (Wildman–Crippen MR) is 187 cm³/mol. The number of allylic oxidation sites excluding steroid dienone is 2. The molecule has 50 heavy (non-hydrogen) atoms. The number of piperidine rings is 1. The highest BCUT2D eigenvalue weighted by Gasteiger charge is 2.35. The second-order valence-corrected chi connectivity index (χ2v) is 13.9. The summed E-state index contributed by atoms with van der Waals surface area (Å²) in [6, 6.07) is 0.178. The van der Waals surface area contributed by atoms with E-state index in [4.69, 9.17) is 29.0 Å². The molecule has 1 saturated heterocycles. The molecule has 2 aliphatic rings. The smallest absolute Gasteiger partial charge is 0.461 e. The third-order valence-corrected chi connectivity index (χ3v) is 9.20. The van der Waals surface area contributed by atoms with Crippen LogP contribution in [-0.2, 0) is 43.9 Å². The van der Waals surface area contributed by atoms with E-state index in [0.717, 1.165) is 38.5 Å². The van der Waals surface area contributed by atoms with Gasteiger partial charge in [-0.05, 0) is 58.0 Å². The fraction of sp³-hybridized carbons (Fsp3) is 0.676. The molecule has 1 amide bonds. The number of nitrogens with zero attached hydrogens (tertiary/aromatic N) is 4. The summed E-state index contributed by atoms with van der Waals surface area (Å²) in [4.78, 5) is 60.1. The second kappa shape index (κ2) is 21.1. The van der Waals surface area contributed by atoms with Crippen molar-refractivity contribution in [2.45, 2.75) is 97.7 Å². The summed E-state index contributed by atoms with van der Waals surface area (Å²) >= 11 is 0. The first-order valence-electron chi connectivity index (χ1n) is 17.6. The van der Waals surface area contributed by atoms with Crippen molar-refractivity contribution in [1.29, 1.82) is 0 Å². The van der Waals surface area contributed by atoms with Crippen LogP contribution in [0.15, 0.2) is 24.3 Å². The molecule has 0 saturated carbocycles. The zero-order valence-corrected chi connectivity index (χ0v) is 30.7. The molecule has 15 nitrogen and oxygen atoms in total. The molecule has 0 radical (unpaired) electrons. The zero-order chi connectivity index (χ0) is 36.5. The molecule has 3 atom stereocenters. The monoisotopic (exact) mass is 723 g/mol. The van der Waals surface area contributed by atoms with Gasteiger partial charge in [0.15, 0.2) is 6.10 Å². The van der Waals surface area contributed by atoms with E-state index in [0.29, 0.717) is 37.6 Å². The van der Waals surface area contributed by atoms with Gasteiger partial charge in [-0.2, -0.15) is 9.97 Å². The van der Waals surface area contributed by atoms with Gasteiger partial charge in [0, 0.05) is 18.7 Å². The van der Waals surface area contributed by atoms with E-state index in [9.17, 15) is 23.8 Å². The number of aromatic nitrogens is 2. The minimum Gasteiger partial charge on any atom is -0.461 e. The van der Waals surface area contributed by atoms with E-state index in [1.165, 1.54) is 0 Å². The number of phosphoric ester groups is 1. The highest BCUT2D eigenvalue weighted by molar-refractivity contribution is 7.47. The number of amides is 1. The standard InChI is InChI=1S/C34H54N5O10P/c1-5-8-10-13-30(41)45-23-27(49-31(42)14-11-9-6-2)24-47-50(43,44)46-20-19-38-17-15-26(16-18-38)22-39-29(40)21-28-32(35)36-34(37-33(28)39)48-25(4)12-7-3/h8-11,25-27H,5-7,12-24H2,1-4H3,(H,43,44)(H2,35,36,37)/b10-8-,11-9-/t25-,27+/m0/s1. The van der Waals surface area contributed by atoms with Gasteiger partial charge in [-0.15, -0.1) is 0 Å². The average molecular weight is 724 g/mol. The minimum atomic E-state index is -4.50. The Balaban J connectivity index is 1.44. The number of likely N-dealkylation sites (tertiary alicyclic amines) is 1. The number of phosphoric acid groups is 1. The van der Waals surface area contributed by atoms with Crippen molar-refractivity contribution in [1.82, 2.24) is 14.9 Å². The van der Waals surface area contributed by atoms with Crippen LogP contribution >= 0.6 is 7.82 Å². The quantitative estimate of drug-likeness (QED) is 0.0963. The van der Waals surface area contributed by atoms with E-state index >= 15 is 0 Å². The van der Waals surface area contributed by atoms with Crippen LogP contribution in [0.25, 0.3) is 0 Å². The van der Waals surface area contributed by atoms with E-state index in [1.807, 2.05) is 32.9 Å². The SMILES string of the molecule is CC/C=C\CC(=O)OC[C@H](COP(=O)(O)OCCN1CCC(CN2C(=O)Cc3c(N)nc(O[C@@H](C)CCC)nc32)CC1)OC(=O)C/C=C\CC. The Labute approximate surface area is 295 Å². The van der Waals surface area contributed by atoms with Gasteiger partial charge in [0.25, 0.3) is 0 Å². The molecule has 1 aromatic heterocycles. The molecule has 280 valence electrons. The highest BCUT2D eigenvalue weighted by atomic mass is 31.2. The van der Waals surface area contributed by atoms with Gasteiger partial charge in [-0.25, -0.2) is 4.57 Å². The lowest BCUT2D eigenvalue weighted by Crippen LogP contribution is -2.41. The van der Waals surface area contributed by atoms with Gasteiger partial charge in [-0.3, -0.25) is 28.3 Å². The Morgan fingerprint density at radius 3 is 2.36 bits per heavy atom. The number of fused-ring (bicyclic) bond motifs is 1. The molecule has 1 unspecified atom stereocenters. The van der Waals surface area contributed by atoms with Gasteiger partial charge in [0.2, 0.25) is 5.91 Å².